The van der Waals surface area contributed by atoms with Crippen LogP contribution in [0.5, 0.6) is 11.5 Å². The van der Waals surface area contributed by atoms with E-state index in [1.165, 1.54) is 5.56 Å². The molecule has 3 aromatic rings. The van der Waals surface area contributed by atoms with Gasteiger partial charge in [0.05, 0.1) is 11.9 Å². The summed E-state index contributed by atoms with van der Waals surface area (Å²) in [4.78, 5) is 17.0. The van der Waals surface area contributed by atoms with Gasteiger partial charge in [0.1, 0.15) is 18.0 Å². The number of para-hydroxylation sites is 1. The molecule has 34 heavy (non-hydrogen) atoms. The van der Waals surface area contributed by atoms with Gasteiger partial charge in [-0.1, -0.05) is 48.5 Å². The minimum absolute atomic E-state index is 0.200. The number of rotatable bonds is 8. The maximum Gasteiger partial charge on any atom is 0.243 e. The van der Waals surface area contributed by atoms with Crippen molar-refractivity contribution in [2.75, 3.05) is 43.3 Å². The molecule has 178 valence electrons. The highest BCUT2D eigenvalue weighted by molar-refractivity contribution is 7.92. The Morgan fingerprint density at radius 3 is 1.97 bits per heavy atom. The fraction of sp³-hybridized carbons (Fsp3) is 0.269. The number of sulfonamides is 1. The fourth-order valence-electron chi connectivity index (χ4n) is 3.92. The topological polar surface area (TPSA) is 70.2 Å². The van der Waals surface area contributed by atoms with Gasteiger partial charge in [0.2, 0.25) is 15.9 Å². The van der Waals surface area contributed by atoms with E-state index in [9.17, 15) is 13.2 Å². The standard InChI is InChI=1S/C26H29N3O4S/c1-34(31,32)29(23-12-14-25(15-13-23)33-24-10-6-3-7-11-24)21-26(30)28-18-16-27(17-19-28)20-22-8-4-2-5-9-22/h2-15H,16-21H2,1H3. The third-order valence-electron chi connectivity index (χ3n) is 5.76. The predicted octanol–water partition coefficient (Wildman–Crippen LogP) is 3.59. The monoisotopic (exact) mass is 479 g/mol. The van der Waals surface area contributed by atoms with Crippen molar-refractivity contribution in [3.05, 3.63) is 90.5 Å². The predicted molar refractivity (Wildman–Crippen MR) is 133 cm³/mol. The van der Waals surface area contributed by atoms with Crippen LogP contribution in [0.25, 0.3) is 0 Å². The van der Waals surface area contributed by atoms with Crippen molar-refractivity contribution in [1.82, 2.24) is 9.80 Å². The molecule has 8 heteroatoms. The Kier molecular flexibility index (Phi) is 7.49. The van der Waals surface area contributed by atoms with Crippen LogP contribution in [0.2, 0.25) is 0 Å². The zero-order chi connectivity index (χ0) is 24.0. The maximum atomic E-state index is 13.0. The molecule has 0 atom stereocenters. The molecule has 0 aromatic heterocycles. The van der Waals surface area contributed by atoms with Crippen LogP contribution in [0.3, 0.4) is 0 Å². The van der Waals surface area contributed by atoms with Crippen molar-refractivity contribution in [3.63, 3.8) is 0 Å². The molecule has 0 unspecified atom stereocenters. The van der Waals surface area contributed by atoms with E-state index in [1.54, 1.807) is 29.2 Å². The van der Waals surface area contributed by atoms with Gasteiger partial charge in [0.25, 0.3) is 0 Å². The van der Waals surface area contributed by atoms with E-state index in [0.29, 0.717) is 30.3 Å². The number of ether oxygens (including phenoxy) is 1. The number of anilines is 1. The van der Waals surface area contributed by atoms with Crippen molar-refractivity contribution < 1.29 is 17.9 Å². The average Bonchev–Trinajstić information content (AvgIpc) is 2.84. The van der Waals surface area contributed by atoms with Gasteiger partial charge in [0, 0.05) is 32.7 Å². The first kappa shape index (κ1) is 23.8. The second-order valence-corrected chi connectivity index (χ2v) is 10.2. The molecule has 3 aromatic carbocycles. The summed E-state index contributed by atoms with van der Waals surface area (Å²) in [6, 6.07) is 26.3. The van der Waals surface area contributed by atoms with Crippen LogP contribution < -0.4 is 9.04 Å². The van der Waals surface area contributed by atoms with E-state index >= 15 is 0 Å². The lowest BCUT2D eigenvalue weighted by Gasteiger charge is -2.35. The van der Waals surface area contributed by atoms with Crippen LogP contribution in [-0.4, -0.2) is 63.1 Å². The molecule has 0 spiro atoms. The van der Waals surface area contributed by atoms with Crippen LogP contribution >= 0.6 is 0 Å². The van der Waals surface area contributed by atoms with E-state index in [4.69, 9.17) is 4.74 Å². The first-order valence-corrected chi connectivity index (χ1v) is 13.1. The zero-order valence-corrected chi connectivity index (χ0v) is 20.0. The van der Waals surface area contributed by atoms with Crippen molar-refractivity contribution in [2.45, 2.75) is 6.54 Å². The van der Waals surface area contributed by atoms with Gasteiger partial charge in [-0.2, -0.15) is 0 Å². The summed E-state index contributed by atoms with van der Waals surface area (Å²) < 4.78 is 31.9. The number of piperazine rings is 1. The molecule has 1 heterocycles. The quantitative estimate of drug-likeness (QED) is 0.494. The molecule has 1 aliphatic rings. The highest BCUT2D eigenvalue weighted by atomic mass is 32.2. The summed E-state index contributed by atoms with van der Waals surface area (Å²) in [7, 11) is -3.64. The van der Waals surface area contributed by atoms with E-state index < -0.39 is 10.0 Å². The van der Waals surface area contributed by atoms with Gasteiger partial charge >= 0.3 is 0 Å². The summed E-state index contributed by atoms with van der Waals surface area (Å²) in [5.41, 5.74) is 1.67. The van der Waals surface area contributed by atoms with Crippen molar-refractivity contribution in [1.29, 1.82) is 0 Å². The average molecular weight is 480 g/mol. The Labute approximate surface area is 201 Å². The van der Waals surface area contributed by atoms with E-state index in [-0.39, 0.29) is 12.5 Å². The summed E-state index contributed by atoms with van der Waals surface area (Å²) in [6.07, 6.45) is 1.12. The zero-order valence-electron chi connectivity index (χ0n) is 19.2. The Hall–Kier alpha value is -3.36. The third kappa shape index (κ3) is 6.36. The molecule has 0 radical (unpaired) electrons. The van der Waals surface area contributed by atoms with Crippen molar-refractivity contribution in [3.8, 4) is 11.5 Å². The summed E-state index contributed by atoms with van der Waals surface area (Å²) in [5.74, 6) is 1.08. The Morgan fingerprint density at radius 1 is 0.824 bits per heavy atom. The molecular weight excluding hydrogens is 450 g/mol. The van der Waals surface area contributed by atoms with Crippen molar-refractivity contribution >= 4 is 21.6 Å². The number of nitrogens with zero attached hydrogens (tertiary/aromatic N) is 3. The van der Waals surface area contributed by atoms with Crippen LogP contribution in [0.4, 0.5) is 5.69 Å². The molecule has 0 saturated carbocycles. The largest absolute Gasteiger partial charge is 0.457 e. The second-order valence-electron chi connectivity index (χ2n) is 8.32. The van der Waals surface area contributed by atoms with Crippen molar-refractivity contribution in [2.24, 2.45) is 0 Å². The molecule has 1 amide bonds. The fourth-order valence-corrected chi connectivity index (χ4v) is 4.77. The lowest BCUT2D eigenvalue weighted by molar-refractivity contribution is -0.131. The summed E-state index contributed by atoms with van der Waals surface area (Å²) in [5, 5.41) is 0. The highest BCUT2D eigenvalue weighted by Crippen LogP contribution is 2.25. The van der Waals surface area contributed by atoms with E-state index in [1.807, 2.05) is 48.5 Å². The molecule has 0 bridgehead atoms. The van der Waals surface area contributed by atoms with Crippen LogP contribution in [0.1, 0.15) is 5.56 Å². The number of hydrogen-bond donors (Lipinski definition) is 0. The van der Waals surface area contributed by atoms with Crippen LogP contribution in [0, 0.1) is 0 Å². The normalized spacial score (nSPS) is 14.6. The summed E-state index contributed by atoms with van der Waals surface area (Å²) in [6.45, 7) is 3.28. The SMILES string of the molecule is CS(=O)(=O)N(CC(=O)N1CCN(Cc2ccccc2)CC1)c1ccc(Oc2ccccc2)cc1. The molecule has 0 N–H and O–H groups in total. The smallest absolute Gasteiger partial charge is 0.243 e. The van der Waals surface area contributed by atoms with Crippen LogP contribution in [0.15, 0.2) is 84.9 Å². The molecule has 7 nitrogen and oxygen atoms in total. The number of benzene rings is 3. The summed E-state index contributed by atoms with van der Waals surface area (Å²) >= 11 is 0. The van der Waals surface area contributed by atoms with Crippen LogP contribution in [-0.2, 0) is 21.4 Å². The minimum atomic E-state index is -3.64. The molecule has 0 aliphatic carbocycles. The highest BCUT2D eigenvalue weighted by Gasteiger charge is 2.26. The molecule has 1 saturated heterocycles. The van der Waals surface area contributed by atoms with E-state index in [0.717, 1.165) is 30.2 Å². The lowest BCUT2D eigenvalue weighted by atomic mass is 10.2. The first-order valence-electron chi connectivity index (χ1n) is 11.2. The lowest BCUT2D eigenvalue weighted by Crippen LogP contribution is -2.51. The minimum Gasteiger partial charge on any atom is -0.457 e. The Balaban J connectivity index is 1.36. The molecule has 1 aliphatic heterocycles. The van der Waals surface area contributed by atoms with Gasteiger partial charge in [-0.3, -0.25) is 14.0 Å². The maximum absolute atomic E-state index is 13.0. The Morgan fingerprint density at radius 2 is 1.38 bits per heavy atom. The van der Waals surface area contributed by atoms with Gasteiger partial charge < -0.3 is 9.64 Å². The Bertz CT molecular complexity index is 1180. The first-order chi connectivity index (χ1) is 16.4. The van der Waals surface area contributed by atoms with Gasteiger partial charge in [-0.25, -0.2) is 8.42 Å². The third-order valence-corrected chi connectivity index (χ3v) is 6.90. The number of amides is 1. The second kappa shape index (κ2) is 10.7. The number of hydrogen-bond acceptors (Lipinski definition) is 5. The molecule has 1 fully saturated rings. The molecule has 4 rings (SSSR count). The van der Waals surface area contributed by atoms with Gasteiger partial charge in [-0.15, -0.1) is 0 Å². The number of carbonyl (C=O) groups excluding carboxylic acids is 1. The van der Waals surface area contributed by atoms with Gasteiger partial charge in [0.15, 0.2) is 0 Å². The van der Waals surface area contributed by atoms with E-state index in [2.05, 4.69) is 17.0 Å². The number of carbonyl (C=O) groups is 1. The van der Waals surface area contributed by atoms with Gasteiger partial charge in [-0.05, 0) is 42.0 Å². The molecular formula is C26H29N3O4S.